The minimum atomic E-state index is -0.281. The van der Waals surface area contributed by atoms with Crippen LogP contribution in [0.2, 0.25) is 0 Å². The Hall–Kier alpha value is -2.50. The number of ether oxygens (including phenoxy) is 1. The number of aryl methyl sites for hydroxylation is 1. The molecule has 1 amide bonds. The van der Waals surface area contributed by atoms with Crippen LogP contribution in [-0.4, -0.2) is 44.1 Å². The van der Waals surface area contributed by atoms with Gasteiger partial charge in [-0.3, -0.25) is 4.79 Å². The Morgan fingerprint density at radius 1 is 1.35 bits per heavy atom. The second-order valence-electron chi connectivity index (χ2n) is 7.12. The summed E-state index contributed by atoms with van der Waals surface area (Å²) in [5.41, 5.74) is 0.792. The second-order valence-corrected chi connectivity index (χ2v) is 9.30. The standard InChI is InChI=1S/C20H23FN6O2S2/c1-13-9-23-19(31-13)24-18(28)12-30-20-26-25-17(27(20)11-16-3-2-8-29-16)10-22-15-6-4-14(21)5-7-15/h4-7,9,16,22H,2-3,8,10-12H2,1H3,(H,23,24,28)/t16-/m1/s1. The van der Waals surface area contributed by atoms with Gasteiger partial charge in [0.25, 0.3) is 0 Å². The lowest BCUT2D eigenvalue weighted by molar-refractivity contribution is -0.113. The maximum absolute atomic E-state index is 13.1. The molecule has 0 bridgehead atoms. The number of aromatic nitrogens is 4. The molecule has 1 fully saturated rings. The topological polar surface area (TPSA) is 94.0 Å². The smallest absolute Gasteiger partial charge is 0.236 e. The van der Waals surface area contributed by atoms with Gasteiger partial charge in [-0.1, -0.05) is 11.8 Å². The Kier molecular flexibility index (Phi) is 7.15. The lowest BCUT2D eigenvalue weighted by Gasteiger charge is -2.15. The molecule has 3 heterocycles. The van der Waals surface area contributed by atoms with E-state index in [9.17, 15) is 9.18 Å². The minimum absolute atomic E-state index is 0.104. The number of carbonyl (C=O) groups excluding carboxylic acids is 1. The van der Waals surface area contributed by atoms with Crippen molar-refractivity contribution in [3.63, 3.8) is 0 Å². The van der Waals surface area contributed by atoms with Crippen LogP contribution in [0.5, 0.6) is 0 Å². The third kappa shape index (κ3) is 6.02. The first-order valence-corrected chi connectivity index (χ1v) is 11.8. The van der Waals surface area contributed by atoms with Crippen LogP contribution in [0.4, 0.5) is 15.2 Å². The van der Waals surface area contributed by atoms with Crippen molar-refractivity contribution in [2.45, 2.75) is 44.1 Å². The number of nitrogens with one attached hydrogen (secondary N) is 2. The number of nitrogens with zero attached hydrogens (tertiary/aromatic N) is 4. The number of thiazole rings is 1. The van der Waals surface area contributed by atoms with Gasteiger partial charge < -0.3 is 19.9 Å². The molecular formula is C20H23FN6O2S2. The Morgan fingerprint density at radius 3 is 2.90 bits per heavy atom. The Labute approximate surface area is 187 Å². The number of rotatable bonds is 9. The van der Waals surface area contributed by atoms with E-state index in [4.69, 9.17) is 4.74 Å². The van der Waals surface area contributed by atoms with Gasteiger partial charge in [-0.15, -0.1) is 21.5 Å². The summed E-state index contributed by atoms with van der Waals surface area (Å²) in [4.78, 5) is 17.5. The van der Waals surface area contributed by atoms with E-state index >= 15 is 0 Å². The molecule has 0 spiro atoms. The number of anilines is 2. The summed E-state index contributed by atoms with van der Waals surface area (Å²) in [5.74, 6) is 0.514. The van der Waals surface area contributed by atoms with E-state index in [1.807, 2.05) is 11.5 Å². The average molecular weight is 463 g/mol. The molecule has 31 heavy (non-hydrogen) atoms. The molecule has 164 valence electrons. The van der Waals surface area contributed by atoms with Crippen LogP contribution in [-0.2, 0) is 22.6 Å². The molecule has 2 N–H and O–H groups in total. The van der Waals surface area contributed by atoms with Crippen LogP contribution in [0.15, 0.2) is 35.6 Å². The SMILES string of the molecule is Cc1cnc(NC(=O)CSc2nnc(CNc3ccc(F)cc3)n2C[C@H]2CCCO2)s1. The quantitative estimate of drug-likeness (QED) is 0.468. The fraction of sp³-hybridized carbons (Fsp3) is 0.400. The summed E-state index contributed by atoms with van der Waals surface area (Å²) in [7, 11) is 0. The molecule has 0 saturated carbocycles. The molecule has 0 aliphatic carbocycles. The monoisotopic (exact) mass is 462 g/mol. The van der Waals surface area contributed by atoms with Crippen molar-refractivity contribution < 1.29 is 13.9 Å². The molecule has 1 aromatic carbocycles. The van der Waals surface area contributed by atoms with E-state index in [0.29, 0.717) is 23.4 Å². The van der Waals surface area contributed by atoms with Gasteiger partial charge in [0.05, 0.1) is 24.9 Å². The van der Waals surface area contributed by atoms with Crippen molar-refractivity contribution in [1.29, 1.82) is 0 Å². The summed E-state index contributed by atoms with van der Waals surface area (Å²) in [6.07, 6.45) is 3.85. The molecule has 1 atom stereocenters. The van der Waals surface area contributed by atoms with Crippen LogP contribution in [0.25, 0.3) is 0 Å². The van der Waals surface area contributed by atoms with E-state index in [1.165, 1.54) is 35.2 Å². The van der Waals surface area contributed by atoms with Crippen LogP contribution >= 0.6 is 23.1 Å². The highest BCUT2D eigenvalue weighted by atomic mass is 32.2. The van der Waals surface area contributed by atoms with Gasteiger partial charge in [0.15, 0.2) is 16.1 Å². The number of hydrogen-bond donors (Lipinski definition) is 2. The number of carbonyl (C=O) groups is 1. The molecule has 3 aromatic rings. The second kappa shape index (κ2) is 10.2. The third-order valence-corrected chi connectivity index (χ3v) is 6.49. The predicted octanol–water partition coefficient (Wildman–Crippen LogP) is 3.70. The molecule has 4 rings (SSSR count). The van der Waals surface area contributed by atoms with Gasteiger partial charge >= 0.3 is 0 Å². The molecule has 1 aliphatic rings. The van der Waals surface area contributed by atoms with Crippen molar-refractivity contribution >= 4 is 39.8 Å². The minimum Gasteiger partial charge on any atom is -0.378 e. The van der Waals surface area contributed by atoms with Gasteiger partial charge in [0, 0.05) is 23.4 Å². The zero-order valence-corrected chi connectivity index (χ0v) is 18.6. The molecule has 11 heteroatoms. The normalized spacial score (nSPS) is 15.9. The van der Waals surface area contributed by atoms with Gasteiger partial charge in [0.2, 0.25) is 5.91 Å². The maximum Gasteiger partial charge on any atom is 0.236 e. The van der Waals surface area contributed by atoms with Crippen molar-refractivity contribution in [2.75, 3.05) is 23.0 Å². The Balaban J connectivity index is 1.41. The van der Waals surface area contributed by atoms with Crippen LogP contribution < -0.4 is 10.6 Å². The zero-order valence-electron chi connectivity index (χ0n) is 17.0. The fourth-order valence-corrected chi connectivity index (χ4v) is 4.63. The molecule has 1 aliphatic heterocycles. The summed E-state index contributed by atoms with van der Waals surface area (Å²) in [5, 5.41) is 15.9. The van der Waals surface area contributed by atoms with Gasteiger partial charge in [-0.25, -0.2) is 9.37 Å². The lowest BCUT2D eigenvalue weighted by atomic mass is 10.2. The average Bonchev–Trinajstić information content (AvgIpc) is 3.49. The van der Waals surface area contributed by atoms with Crippen molar-refractivity contribution in [3.8, 4) is 0 Å². The highest BCUT2D eigenvalue weighted by molar-refractivity contribution is 7.99. The molecule has 1 saturated heterocycles. The maximum atomic E-state index is 13.1. The number of benzene rings is 1. The summed E-state index contributed by atoms with van der Waals surface area (Å²) in [6, 6.07) is 6.17. The predicted molar refractivity (Wildman–Crippen MR) is 119 cm³/mol. The van der Waals surface area contributed by atoms with E-state index in [1.54, 1.807) is 18.3 Å². The largest absolute Gasteiger partial charge is 0.378 e. The Bertz CT molecular complexity index is 1020. The third-order valence-electron chi connectivity index (χ3n) is 4.70. The first-order valence-electron chi connectivity index (χ1n) is 9.95. The van der Waals surface area contributed by atoms with Crippen molar-refractivity contribution in [3.05, 3.63) is 47.0 Å². The molecular weight excluding hydrogens is 439 g/mol. The van der Waals surface area contributed by atoms with E-state index in [-0.39, 0.29) is 23.6 Å². The zero-order chi connectivity index (χ0) is 21.6. The first-order chi connectivity index (χ1) is 15.1. The number of thioether (sulfide) groups is 1. The first kappa shape index (κ1) is 21.7. The van der Waals surface area contributed by atoms with Crippen molar-refractivity contribution in [2.24, 2.45) is 0 Å². The number of halogens is 1. The lowest BCUT2D eigenvalue weighted by Crippen LogP contribution is -2.20. The van der Waals surface area contributed by atoms with Crippen LogP contribution in [0.1, 0.15) is 23.5 Å². The van der Waals surface area contributed by atoms with Gasteiger partial charge in [-0.05, 0) is 44.0 Å². The summed E-state index contributed by atoms with van der Waals surface area (Å²) < 4.78 is 20.9. The summed E-state index contributed by atoms with van der Waals surface area (Å²) >= 11 is 2.77. The molecule has 2 aromatic heterocycles. The van der Waals surface area contributed by atoms with Crippen LogP contribution in [0, 0.1) is 12.7 Å². The van der Waals surface area contributed by atoms with Gasteiger partial charge in [-0.2, -0.15) is 0 Å². The van der Waals surface area contributed by atoms with Crippen molar-refractivity contribution in [1.82, 2.24) is 19.7 Å². The van der Waals surface area contributed by atoms with E-state index in [0.717, 1.165) is 35.8 Å². The molecule has 0 unspecified atom stereocenters. The number of hydrogen-bond acceptors (Lipinski definition) is 8. The molecule has 0 radical (unpaired) electrons. The summed E-state index contributed by atoms with van der Waals surface area (Å²) in [6.45, 7) is 3.75. The highest BCUT2D eigenvalue weighted by Gasteiger charge is 2.21. The van der Waals surface area contributed by atoms with Crippen LogP contribution in [0.3, 0.4) is 0 Å². The van der Waals surface area contributed by atoms with E-state index < -0.39 is 0 Å². The highest BCUT2D eigenvalue weighted by Crippen LogP contribution is 2.23. The number of amides is 1. The van der Waals surface area contributed by atoms with E-state index in [2.05, 4.69) is 25.8 Å². The molecule has 8 nitrogen and oxygen atoms in total. The Morgan fingerprint density at radius 2 is 2.19 bits per heavy atom. The fourth-order valence-electron chi connectivity index (χ4n) is 3.18. The van der Waals surface area contributed by atoms with Gasteiger partial charge in [0.1, 0.15) is 5.82 Å².